The second-order valence-corrected chi connectivity index (χ2v) is 5.76. The monoisotopic (exact) mass is 233 g/mol. The first-order valence-corrected chi connectivity index (χ1v) is 6.66. The molecular formula is C14H23N3. The fraction of sp³-hybridized carbons (Fsp3) is 0.714. The summed E-state index contributed by atoms with van der Waals surface area (Å²) in [4.78, 5) is 9.38. The number of rotatable bonds is 5. The second kappa shape index (κ2) is 4.63. The van der Waals surface area contributed by atoms with E-state index in [1.807, 2.05) is 0 Å². The van der Waals surface area contributed by atoms with Crippen molar-refractivity contribution in [1.29, 1.82) is 0 Å². The van der Waals surface area contributed by atoms with E-state index in [-0.39, 0.29) is 5.41 Å². The van der Waals surface area contributed by atoms with Crippen LogP contribution in [0.25, 0.3) is 0 Å². The minimum atomic E-state index is 0.247. The Bertz CT molecular complexity index is 394. The Morgan fingerprint density at radius 2 is 2.06 bits per heavy atom. The highest BCUT2D eigenvalue weighted by molar-refractivity contribution is 5.38. The van der Waals surface area contributed by atoms with Crippen molar-refractivity contribution in [2.45, 2.75) is 52.4 Å². The summed E-state index contributed by atoms with van der Waals surface area (Å²) in [7, 11) is 0. The maximum atomic E-state index is 4.74. The smallest absolute Gasteiger partial charge is 0.136 e. The van der Waals surface area contributed by atoms with Crippen LogP contribution in [0.3, 0.4) is 0 Å². The molecule has 1 aromatic rings. The Morgan fingerprint density at radius 3 is 2.59 bits per heavy atom. The zero-order valence-corrected chi connectivity index (χ0v) is 11.4. The molecule has 1 saturated carbocycles. The molecule has 0 amide bonds. The van der Waals surface area contributed by atoms with E-state index in [2.05, 4.69) is 44.1 Å². The summed E-state index contributed by atoms with van der Waals surface area (Å²) >= 11 is 0. The summed E-state index contributed by atoms with van der Waals surface area (Å²) in [5, 5.41) is 3.31. The molecule has 0 unspecified atom stereocenters. The standard InChI is InChI=1S/C14H23N3/c1-5-15-12-9-11(8-10(2)3)16-13(17-12)14(4)6-7-14/h9-10H,5-8H2,1-4H3,(H,15,16,17). The van der Waals surface area contributed by atoms with Gasteiger partial charge in [-0.1, -0.05) is 20.8 Å². The van der Waals surface area contributed by atoms with Crippen LogP contribution in [-0.4, -0.2) is 16.5 Å². The Hall–Kier alpha value is -1.12. The minimum absolute atomic E-state index is 0.247. The van der Waals surface area contributed by atoms with Gasteiger partial charge in [0.2, 0.25) is 0 Å². The van der Waals surface area contributed by atoms with Crippen LogP contribution in [-0.2, 0) is 11.8 Å². The lowest BCUT2D eigenvalue weighted by Gasteiger charge is -2.13. The van der Waals surface area contributed by atoms with Crippen LogP contribution in [0.4, 0.5) is 5.82 Å². The van der Waals surface area contributed by atoms with E-state index in [9.17, 15) is 0 Å². The molecular weight excluding hydrogens is 210 g/mol. The van der Waals surface area contributed by atoms with E-state index in [4.69, 9.17) is 4.98 Å². The molecule has 1 N–H and O–H groups in total. The zero-order valence-electron chi connectivity index (χ0n) is 11.4. The second-order valence-electron chi connectivity index (χ2n) is 5.76. The van der Waals surface area contributed by atoms with Crippen molar-refractivity contribution in [2.75, 3.05) is 11.9 Å². The molecule has 0 atom stereocenters. The van der Waals surface area contributed by atoms with Gasteiger partial charge in [0.05, 0.1) is 0 Å². The molecule has 3 nitrogen and oxygen atoms in total. The number of hydrogen-bond donors (Lipinski definition) is 1. The summed E-state index contributed by atoms with van der Waals surface area (Å²) in [6.07, 6.45) is 3.48. The molecule has 0 aromatic carbocycles. The van der Waals surface area contributed by atoms with Gasteiger partial charge in [0.1, 0.15) is 11.6 Å². The fourth-order valence-corrected chi connectivity index (χ4v) is 1.97. The van der Waals surface area contributed by atoms with Gasteiger partial charge < -0.3 is 5.32 Å². The van der Waals surface area contributed by atoms with E-state index in [1.54, 1.807) is 0 Å². The number of anilines is 1. The number of hydrogen-bond acceptors (Lipinski definition) is 3. The summed E-state index contributed by atoms with van der Waals surface area (Å²) in [6, 6.07) is 2.10. The van der Waals surface area contributed by atoms with Gasteiger partial charge in [-0.05, 0) is 32.1 Å². The Morgan fingerprint density at radius 1 is 1.35 bits per heavy atom. The Balaban J connectivity index is 2.28. The molecule has 94 valence electrons. The van der Waals surface area contributed by atoms with Gasteiger partial charge in [0.15, 0.2) is 0 Å². The first kappa shape index (κ1) is 12.3. The van der Waals surface area contributed by atoms with Crippen molar-refractivity contribution < 1.29 is 0 Å². The predicted molar refractivity (Wildman–Crippen MR) is 71.3 cm³/mol. The van der Waals surface area contributed by atoms with Crippen LogP contribution >= 0.6 is 0 Å². The van der Waals surface area contributed by atoms with Crippen LogP contribution in [0.15, 0.2) is 6.07 Å². The normalized spacial score (nSPS) is 17.2. The lowest BCUT2D eigenvalue weighted by atomic mass is 10.1. The van der Waals surface area contributed by atoms with Crippen molar-refractivity contribution in [2.24, 2.45) is 5.92 Å². The van der Waals surface area contributed by atoms with Gasteiger partial charge in [0, 0.05) is 23.7 Å². The number of nitrogens with zero attached hydrogens (tertiary/aromatic N) is 2. The van der Waals surface area contributed by atoms with Crippen LogP contribution in [0, 0.1) is 5.92 Å². The maximum Gasteiger partial charge on any atom is 0.136 e. The van der Waals surface area contributed by atoms with E-state index in [1.165, 1.54) is 18.5 Å². The zero-order chi connectivity index (χ0) is 12.5. The molecule has 3 heteroatoms. The topological polar surface area (TPSA) is 37.8 Å². The lowest BCUT2D eigenvalue weighted by molar-refractivity contribution is 0.619. The maximum absolute atomic E-state index is 4.74. The molecule has 0 spiro atoms. The average molecular weight is 233 g/mol. The van der Waals surface area contributed by atoms with E-state index in [0.29, 0.717) is 5.92 Å². The molecule has 1 aromatic heterocycles. The summed E-state index contributed by atoms with van der Waals surface area (Å²) in [5.41, 5.74) is 1.42. The summed E-state index contributed by atoms with van der Waals surface area (Å²) in [6.45, 7) is 9.73. The first-order chi connectivity index (χ1) is 8.03. The van der Waals surface area contributed by atoms with Gasteiger partial charge in [-0.3, -0.25) is 0 Å². The fourth-order valence-electron chi connectivity index (χ4n) is 1.97. The highest BCUT2D eigenvalue weighted by atomic mass is 15.0. The highest BCUT2D eigenvalue weighted by Crippen LogP contribution is 2.46. The molecule has 1 aliphatic carbocycles. The van der Waals surface area contributed by atoms with E-state index >= 15 is 0 Å². The molecule has 1 fully saturated rings. The van der Waals surface area contributed by atoms with Crippen LogP contribution in [0.2, 0.25) is 0 Å². The average Bonchev–Trinajstić information content (AvgIpc) is 2.97. The van der Waals surface area contributed by atoms with Crippen molar-refractivity contribution in [1.82, 2.24) is 9.97 Å². The molecule has 0 bridgehead atoms. The minimum Gasteiger partial charge on any atom is -0.370 e. The summed E-state index contributed by atoms with van der Waals surface area (Å²) < 4.78 is 0. The highest BCUT2D eigenvalue weighted by Gasteiger charge is 2.42. The van der Waals surface area contributed by atoms with Crippen molar-refractivity contribution in [3.8, 4) is 0 Å². The van der Waals surface area contributed by atoms with Gasteiger partial charge in [-0.2, -0.15) is 0 Å². The van der Waals surface area contributed by atoms with Crippen LogP contribution in [0.5, 0.6) is 0 Å². The predicted octanol–water partition coefficient (Wildman–Crippen LogP) is 3.16. The third-order valence-corrected chi connectivity index (χ3v) is 3.29. The van der Waals surface area contributed by atoms with Gasteiger partial charge >= 0.3 is 0 Å². The Kier molecular flexibility index (Phi) is 3.36. The third kappa shape index (κ3) is 2.96. The van der Waals surface area contributed by atoms with Crippen molar-refractivity contribution >= 4 is 5.82 Å². The molecule has 0 saturated heterocycles. The third-order valence-electron chi connectivity index (χ3n) is 3.29. The largest absolute Gasteiger partial charge is 0.370 e. The van der Waals surface area contributed by atoms with Gasteiger partial charge in [-0.15, -0.1) is 0 Å². The SMILES string of the molecule is CCNc1cc(CC(C)C)nc(C2(C)CC2)n1. The summed E-state index contributed by atoms with van der Waals surface area (Å²) in [5.74, 6) is 2.66. The Labute approximate surface area is 104 Å². The molecule has 1 heterocycles. The molecule has 0 radical (unpaired) electrons. The van der Waals surface area contributed by atoms with Crippen molar-refractivity contribution in [3.63, 3.8) is 0 Å². The van der Waals surface area contributed by atoms with Gasteiger partial charge in [-0.25, -0.2) is 9.97 Å². The van der Waals surface area contributed by atoms with Gasteiger partial charge in [0.25, 0.3) is 0 Å². The van der Waals surface area contributed by atoms with Crippen LogP contribution < -0.4 is 5.32 Å². The van der Waals surface area contributed by atoms with E-state index in [0.717, 1.165) is 24.6 Å². The lowest BCUT2D eigenvalue weighted by Crippen LogP contribution is -2.13. The van der Waals surface area contributed by atoms with Crippen LogP contribution in [0.1, 0.15) is 52.1 Å². The number of nitrogens with one attached hydrogen (secondary N) is 1. The van der Waals surface area contributed by atoms with Crippen molar-refractivity contribution in [3.05, 3.63) is 17.6 Å². The molecule has 1 aliphatic rings. The molecule has 0 aliphatic heterocycles. The molecule has 2 rings (SSSR count). The van der Waals surface area contributed by atoms with E-state index < -0.39 is 0 Å². The number of aromatic nitrogens is 2. The quantitative estimate of drug-likeness (QED) is 0.849. The molecule has 17 heavy (non-hydrogen) atoms. The first-order valence-electron chi connectivity index (χ1n) is 6.66.